The molecule has 0 radical (unpaired) electrons. The first kappa shape index (κ1) is 17.5. The predicted octanol–water partition coefficient (Wildman–Crippen LogP) is 5.77. The Morgan fingerprint density at radius 2 is 1.56 bits per heavy atom. The molecule has 0 saturated heterocycles. The maximum Gasteiger partial charge on any atom is 0.138 e. The molecule has 0 unspecified atom stereocenters. The van der Waals surface area contributed by atoms with E-state index in [9.17, 15) is 0 Å². The van der Waals surface area contributed by atoms with Crippen LogP contribution in [0.2, 0.25) is 5.02 Å². The van der Waals surface area contributed by atoms with E-state index in [1.165, 1.54) is 5.56 Å². The molecule has 3 heteroatoms. The lowest BCUT2D eigenvalue weighted by atomic mass is 10.1. The summed E-state index contributed by atoms with van der Waals surface area (Å²) in [5.74, 6) is 0.713. The SMILES string of the molecule is C[C@H](NCc1ccc(OCc2ccccc2)c(Cl)c1)c1ccccc1. The van der Waals surface area contributed by atoms with Crippen molar-refractivity contribution in [3.63, 3.8) is 0 Å². The van der Waals surface area contributed by atoms with Crippen molar-refractivity contribution in [2.75, 3.05) is 0 Å². The van der Waals surface area contributed by atoms with Crippen LogP contribution in [0, 0.1) is 0 Å². The zero-order chi connectivity index (χ0) is 17.5. The molecule has 25 heavy (non-hydrogen) atoms. The molecule has 0 heterocycles. The summed E-state index contributed by atoms with van der Waals surface area (Å²) >= 11 is 6.38. The van der Waals surface area contributed by atoms with Crippen molar-refractivity contribution in [1.29, 1.82) is 0 Å². The number of hydrogen-bond donors (Lipinski definition) is 1. The second-order valence-corrected chi connectivity index (χ2v) is 6.46. The highest BCUT2D eigenvalue weighted by molar-refractivity contribution is 6.32. The molecule has 3 rings (SSSR count). The van der Waals surface area contributed by atoms with E-state index in [-0.39, 0.29) is 6.04 Å². The molecule has 0 amide bonds. The molecule has 2 nitrogen and oxygen atoms in total. The molecule has 0 aliphatic heterocycles. The second-order valence-electron chi connectivity index (χ2n) is 6.05. The molecule has 0 spiro atoms. The van der Waals surface area contributed by atoms with Crippen molar-refractivity contribution in [2.24, 2.45) is 0 Å². The summed E-state index contributed by atoms with van der Waals surface area (Å²) in [6, 6.07) is 26.7. The lowest BCUT2D eigenvalue weighted by Crippen LogP contribution is -2.17. The molecule has 3 aromatic carbocycles. The van der Waals surface area contributed by atoms with Gasteiger partial charge in [-0.2, -0.15) is 0 Å². The Kier molecular flexibility index (Phi) is 6.10. The minimum Gasteiger partial charge on any atom is -0.487 e. The number of hydrogen-bond acceptors (Lipinski definition) is 2. The van der Waals surface area contributed by atoms with Crippen LogP contribution in [0.1, 0.15) is 29.7 Å². The normalized spacial score (nSPS) is 11.9. The van der Waals surface area contributed by atoms with Gasteiger partial charge in [-0.3, -0.25) is 0 Å². The van der Waals surface area contributed by atoms with Gasteiger partial charge in [-0.15, -0.1) is 0 Å². The minimum atomic E-state index is 0.286. The smallest absolute Gasteiger partial charge is 0.138 e. The summed E-state index contributed by atoms with van der Waals surface area (Å²) in [7, 11) is 0. The van der Waals surface area contributed by atoms with Crippen LogP contribution in [0.25, 0.3) is 0 Å². The Morgan fingerprint density at radius 3 is 2.24 bits per heavy atom. The summed E-state index contributed by atoms with van der Waals surface area (Å²) in [6.45, 7) is 3.44. The van der Waals surface area contributed by atoms with Crippen LogP contribution < -0.4 is 10.1 Å². The number of ether oxygens (including phenoxy) is 1. The van der Waals surface area contributed by atoms with Crippen LogP contribution in [0.3, 0.4) is 0 Å². The van der Waals surface area contributed by atoms with Gasteiger partial charge in [-0.25, -0.2) is 0 Å². The third kappa shape index (κ3) is 5.09. The van der Waals surface area contributed by atoms with E-state index < -0.39 is 0 Å². The Morgan fingerprint density at radius 1 is 0.880 bits per heavy atom. The number of halogens is 1. The molecule has 3 aromatic rings. The van der Waals surface area contributed by atoms with Gasteiger partial charge in [0.1, 0.15) is 12.4 Å². The number of rotatable bonds is 7. The molecule has 1 N–H and O–H groups in total. The van der Waals surface area contributed by atoms with Gasteiger partial charge < -0.3 is 10.1 Å². The average Bonchev–Trinajstić information content (AvgIpc) is 2.67. The Balaban J connectivity index is 1.56. The van der Waals surface area contributed by atoms with Crippen molar-refractivity contribution in [2.45, 2.75) is 26.1 Å². The van der Waals surface area contributed by atoms with Crippen LogP contribution in [-0.2, 0) is 13.2 Å². The fraction of sp³-hybridized carbons (Fsp3) is 0.182. The van der Waals surface area contributed by atoms with Crippen molar-refractivity contribution in [3.8, 4) is 5.75 Å². The van der Waals surface area contributed by atoms with Crippen LogP contribution in [0.5, 0.6) is 5.75 Å². The largest absolute Gasteiger partial charge is 0.487 e. The van der Waals surface area contributed by atoms with Gasteiger partial charge in [0.05, 0.1) is 5.02 Å². The number of benzene rings is 3. The first-order valence-corrected chi connectivity index (χ1v) is 8.83. The second kappa shape index (κ2) is 8.70. The Hall–Kier alpha value is -2.29. The van der Waals surface area contributed by atoms with Crippen molar-refractivity contribution < 1.29 is 4.74 Å². The van der Waals surface area contributed by atoms with Crippen LogP contribution in [0.4, 0.5) is 0 Å². The van der Waals surface area contributed by atoms with E-state index in [1.807, 2.05) is 48.5 Å². The summed E-state index contributed by atoms with van der Waals surface area (Å²) in [5.41, 5.74) is 3.54. The topological polar surface area (TPSA) is 21.3 Å². The van der Waals surface area contributed by atoms with E-state index in [0.717, 1.165) is 17.7 Å². The molecular formula is C22H22ClNO. The predicted molar refractivity (Wildman–Crippen MR) is 104 cm³/mol. The molecular weight excluding hydrogens is 330 g/mol. The molecule has 0 bridgehead atoms. The molecule has 0 aliphatic carbocycles. The van der Waals surface area contributed by atoms with Crippen molar-refractivity contribution in [1.82, 2.24) is 5.32 Å². The average molecular weight is 352 g/mol. The fourth-order valence-corrected chi connectivity index (χ4v) is 2.89. The maximum absolute atomic E-state index is 6.38. The quantitative estimate of drug-likeness (QED) is 0.583. The van der Waals surface area contributed by atoms with Gasteiger partial charge in [-0.05, 0) is 35.7 Å². The number of nitrogens with one attached hydrogen (secondary N) is 1. The zero-order valence-corrected chi connectivity index (χ0v) is 15.0. The summed E-state index contributed by atoms with van der Waals surface area (Å²) in [6.07, 6.45) is 0. The van der Waals surface area contributed by atoms with Gasteiger partial charge in [0, 0.05) is 12.6 Å². The maximum atomic E-state index is 6.38. The van der Waals surface area contributed by atoms with Gasteiger partial charge in [-0.1, -0.05) is 78.3 Å². The highest BCUT2D eigenvalue weighted by atomic mass is 35.5. The molecule has 1 atom stereocenters. The molecule has 0 saturated carbocycles. The first-order valence-electron chi connectivity index (χ1n) is 8.46. The van der Waals surface area contributed by atoms with Gasteiger partial charge in [0.15, 0.2) is 0 Å². The van der Waals surface area contributed by atoms with Gasteiger partial charge in [0.2, 0.25) is 0 Å². The van der Waals surface area contributed by atoms with Gasteiger partial charge in [0.25, 0.3) is 0 Å². The monoisotopic (exact) mass is 351 g/mol. The Bertz CT molecular complexity index is 790. The minimum absolute atomic E-state index is 0.286. The lowest BCUT2D eigenvalue weighted by molar-refractivity contribution is 0.306. The zero-order valence-electron chi connectivity index (χ0n) is 14.3. The molecule has 0 fully saturated rings. The van der Waals surface area contributed by atoms with Crippen LogP contribution in [0.15, 0.2) is 78.9 Å². The van der Waals surface area contributed by atoms with Gasteiger partial charge >= 0.3 is 0 Å². The highest BCUT2D eigenvalue weighted by Crippen LogP contribution is 2.26. The van der Waals surface area contributed by atoms with Crippen LogP contribution in [-0.4, -0.2) is 0 Å². The summed E-state index contributed by atoms with van der Waals surface area (Å²) in [4.78, 5) is 0. The van der Waals surface area contributed by atoms with Crippen molar-refractivity contribution in [3.05, 3.63) is 101 Å². The van der Waals surface area contributed by atoms with Crippen LogP contribution >= 0.6 is 11.6 Å². The third-order valence-electron chi connectivity index (χ3n) is 4.15. The van der Waals surface area contributed by atoms with E-state index >= 15 is 0 Å². The van der Waals surface area contributed by atoms with E-state index in [0.29, 0.717) is 17.4 Å². The van der Waals surface area contributed by atoms with E-state index in [4.69, 9.17) is 16.3 Å². The Labute approximate surface area is 154 Å². The third-order valence-corrected chi connectivity index (χ3v) is 4.44. The van der Waals surface area contributed by atoms with E-state index in [2.05, 4.69) is 42.6 Å². The highest BCUT2D eigenvalue weighted by Gasteiger charge is 2.07. The summed E-state index contributed by atoms with van der Waals surface area (Å²) in [5, 5.41) is 4.16. The van der Waals surface area contributed by atoms with Crippen molar-refractivity contribution >= 4 is 11.6 Å². The fourth-order valence-electron chi connectivity index (χ4n) is 2.64. The lowest BCUT2D eigenvalue weighted by Gasteiger charge is -2.15. The molecule has 128 valence electrons. The first-order chi connectivity index (χ1) is 12.2. The standard InChI is InChI=1S/C22H22ClNO/c1-17(20-10-6-3-7-11-20)24-15-19-12-13-22(21(23)14-19)25-16-18-8-4-2-5-9-18/h2-14,17,24H,15-16H2,1H3/t17-/m0/s1. The summed E-state index contributed by atoms with van der Waals surface area (Å²) < 4.78 is 5.82. The molecule has 0 aromatic heterocycles. The van der Waals surface area contributed by atoms with E-state index in [1.54, 1.807) is 0 Å². The molecule has 0 aliphatic rings.